The number of allylic oxidation sites excluding steroid dienone is 1. The van der Waals surface area contributed by atoms with E-state index in [0.29, 0.717) is 12.2 Å². The van der Waals surface area contributed by atoms with E-state index in [-0.39, 0.29) is 18.0 Å². The maximum Gasteiger partial charge on any atom is 0.251 e. The SMILES string of the molecule is CC1=C(C(C)N(C)C)ON=C(N2CCC(CCCOc3ccc(C(=O)NC(C)C)c(C)c3)CC2)CC1. The van der Waals surface area contributed by atoms with E-state index in [2.05, 4.69) is 48.2 Å². The number of piperidine rings is 1. The molecule has 1 amide bonds. The monoisotopic (exact) mass is 498 g/mol. The third-order valence-corrected chi connectivity index (χ3v) is 7.41. The summed E-state index contributed by atoms with van der Waals surface area (Å²) >= 11 is 0. The van der Waals surface area contributed by atoms with Crippen LogP contribution in [0.3, 0.4) is 0 Å². The number of ether oxygens (including phenoxy) is 1. The van der Waals surface area contributed by atoms with Crippen molar-refractivity contribution in [1.82, 2.24) is 15.1 Å². The molecule has 36 heavy (non-hydrogen) atoms. The van der Waals surface area contributed by atoms with Crippen molar-refractivity contribution in [3.63, 3.8) is 0 Å². The van der Waals surface area contributed by atoms with Crippen LogP contribution in [0.2, 0.25) is 0 Å². The minimum atomic E-state index is -0.0308. The molecule has 1 unspecified atom stereocenters. The number of hydrogen-bond acceptors (Lipinski definition) is 6. The first-order valence-corrected chi connectivity index (χ1v) is 13.5. The standard InChI is InChI=1S/C29H46N4O3/c1-20(2)30-29(34)26-12-11-25(19-22(26)4)35-18-8-9-24-14-16-33(17-15-24)27-13-10-21(3)28(36-31-27)23(5)32(6)7/h11-12,19-20,23-24H,8-10,13-18H2,1-7H3,(H,30,34). The predicted molar refractivity (Wildman–Crippen MR) is 146 cm³/mol. The fourth-order valence-corrected chi connectivity index (χ4v) is 4.89. The van der Waals surface area contributed by atoms with Gasteiger partial charge in [0.2, 0.25) is 0 Å². The summed E-state index contributed by atoms with van der Waals surface area (Å²) in [6.45, 7) is 13.0. The summed E-state index contributed by atoms with van der Waals surface area (Å²) in [5, 5.41) is 7.51. The largest absolute Gasteiger partial charge is 0.494 e. The van der Waals surface area contributed by atoms with E-state index in [0.717, 1.165) is 61.2 Å². The molecular weight excluding hydrogens is 452 g/mol. The minimum Gasteiger partial charge on any atom is -0.494 e. The number of likely N-dealkylation sites (tertiary alicyclic amines) is 1. The van der Waals surface area contributed by atoms with Crippen LogP contribution >= 0.6 is 0 Å². The summed E-state index contributed by atoms with van der Waals surface area (Å²) in [7, 11) is 4.15. The number of carbonyl (C=O) groups excluding carboxylic acids is 1. The molecular formula is C29H46N4O3. The summed E-state index contributed by atoms with van der Waals surface area (Å²) in [5.74, 6) is 3.62. The van der Waals surface area contributed by atoms with Crippen molar-refractivity contribution >= 4 is 11.7 Å². The summed E-state index contributed by atoms with van der Waals surface area (Å²) in [4.78, 5) is 22.8. The highest BCUT2D eigenvalue weighted by Crippen LogP contribution is 2.27. The van der Waals surface area contributed by atoms with Gasteiger partial charge < -0.3 is 19.8 Å². The maximum absolute atomic E-state index is 12.3. The van der Waals surface area contributed by atoms with Gasteiger partial charge in [-0.15, -0.1) is 0 Å². The number of amides is 1. The van der Waals surface area contributed by atoms with E-state index >= 15 is 0 Å². The second-order valence-corrected chi connectivity index (χ2v) is 10.9. The number of nitrogens with one attached hydrogen (secondary N) is 1. The molecule has 1 aromatic carbocycles. The van der Waals surface area contributed by atoms with Crippen LogP contribution in [0.1, 0.15) is 82.1 Å². The second-order valence-electron chi connectivity index (χ2n) is 10.9. The molecule has 1 atom stereocenters. The minimum absolute atomic E-state index is 0.0308. The number of amidine groups is 1. The zero-order chi connectivity index (χ0) is 26.2. The van der Waals surface area contributed by atoms with Gasteiger partial charge in [0.25, 0.3) is 5.91 Å². The number of carbonyl (C=O) groups is 1. The first kappa shape index (κ1) is 28.0. The van der Waals surface area contributed by atoms with Gasteiger partial charge in [0, 0.05) is 31.1 Å². The van der Waals surface area contributed by atoms with Crippen molar-refractivity contribution in [3.8, 4) is 5.75 Å². The van der Waals surface area contributed by atoms with Crippen molar-refractivity contribution in [3.05, 3.63) is 40.7 Å². The molecule has 0 radical (unpaired) electrons. The molecule has 1 fully saturated rings. The Morgan fingerprint density at radius 3 is 2.56 bits per heavy atom. The van der Waals surface area contributed by atoms with Gasteiger partial charge in [-0.2, -0.15) is 0 Å². The molecule has 200 valence electrons. The van der Waals surface area contributed by atoms with Crippen LogP contribution in [-0.2, 0) is 4.84 Å². The number of oxime groups is 1. The Bertz CT molecular complexity index is 946. The number of aryl methyl sites for hydroxylation is 1. The average Bonchev–Trinajstić information content (AvgIpc) is 3.02. The Labute approximate surface area is 217 Å². The topological polar surface area (TPSA) is 66.4 Å². The predicted octanol–water partition coefficient (Wildman–Crippen LogP) is 5.35. The highest BCUT2D eigenvalue weighted by atomic mass is 16.6. The normalized spacial score (nSPS) is 18.1. The van der Waals surface area contributed by atoms with Gasteiger partial charge >= 0.3 is 0 Å². The Morgan fingerprint density at radius 1 is 1.19 bits per heavy atom. The van der Waals surface area contributed by atoms with E-state index in [4.69, 9.17) is 9.57 Å². The number of hydrogen-bond donors (Lipinski definition) is 1. The quantitative estimate of drug-likeness (QED) is 0.465. The molecule has 0 bridgehead atoms. The molecule has 0 saturated carbocycles. The summed E-state index contributed by atoms with van der Waals surface area (Å²) in [6, 6.07) is 6.08. The molecule has 7 heteroatoms. The van der Waals surface area contributed by atoms with Crippen molar-refractivity contribution in [2.75, 3.05) is 33.8 Å². The van der Waals surface area contributed by atoms with Crippen molar-refractivity contribution in [2.24, 2.45) is 11.1 Å². The van der Waals surface area contributed by atoms with Crippen molar-refractivity contribution in [1.29, 1.82) is 0 Å². The average molecular weight is 499 g/mol. The van der Waals surface area contributed by atoms with Crippen molar-refractivity contribution in [2.45, 2.75) is 85.2 Å². The van der Waals surface area contributed by atoms with Crippen LogP contribution in [0.5, 0.6) is 5.75 Å². The molecule has 2 aliphatic heterocycles. The van der Waals surface area contributed by atoms with Crippen LogP contribution < -0.4 is 10.1 Å². The molecule has 0 aliphatic carbocycles. The van der Waals surface area contributed by atoms with Gasteiger partial charge in [-0.05, 0) is 116 Å². The van der Waals surface area contributed by atoms with Crippen LogP contribution in [0.4, 0.5) is 0 Å². The summed E-state index contributed by atoms with van der Waals surface area (Å²) in [5.41, 5.74) is 2.95. The Morgan fingerprint density at radius 2 is 1.92 bits per heavy atom. The van der Waals surface area contributed by atoms with E-state index in [1.165, 1.54) is 24.8 Å². The lowest BCUT2D eigenvalue weighted by molar-refractivity contribution is 0.0942. The summed E-state index contributed by atoms with van der Waals surface area (Å²) < 4.78 is 5.99. The number of benzene rings is 1. The first-order valence-electron chi connectivity index (χ1n) is 13.5. The molecule has 1 saturated heterocycles. The van der Waals surface area contributed by atoms with Gasteiger partial charge in [0.05, 0.1) is 12.6 Å². The van der Waals surface area contributed by atoms with Crippen LogP contribution in [0.15, 0.2) is 34.7 Å². The number of rotatable bonds is 9. The zero-order valence-corrected chi connectivity index (χ0v) is 23.4. The van der Waals surface area contributed by atoms with Gasteiger partial charge in [-0.1, -0.05) is 5.16 Å². The summed E-state index contributed by atoms with van der Waals surface area (Å²) in [6.07, 6.45) is 6.54. The molecule has 0 aromatic heterocycles. The van der Waals surface area contributed by atoms with Crippen LogP contribution in [0.25, 0.3) is 0 Å². The lowest BCUT2D eigenvalue weighted by Gasteiger charge is -2.33. The Kier molecular flexibility index (Phi) is 10.2. The van der Waals surface area contributed by atoms with E-state index < -0.39 is 0 Å². The molecule has 3 rings (SSSR count). The lowest BCUT2D eigenvalue weighted by atomic mass is 9.92. The maximum atomic E-state index is 12.3. The fraction of sp³-hybridized carbons (Fsp3) is 0.655. The fourth-order valence-electron chi connectivity index (χ4n) is 4.89. The van der Waals surface area contributed by atoms with Crippen LogP contribution in [0, 0.1) is 12.8 Å². The first-order chi connectivity index (χ1) is 17.2. The molecule has 7 nitrogen and oxygen atoms in total. The van der Waals surface area contributed by atoms with E-state index in [1.54, 1.807) is 0 Å². The van der Waals surface area contributed by atoms with Gasteiger partial charge in [0.15, 0.2) is 5.76 Å². The molecule has 1 aromatic rings. The smallest absolute Gasteiger partial charge is 0.251 e. The van der Waals surface area contributed by atoms with Gasteiger partial charge in [-0.25, -0.2) is 0 Å². The highest BCUT2D eigenvalue weighted by Gasteiger charge is 2.25. The zero-order valence-electron chi connectivity index (χ0n) is 23.4. The molecule has 0 spiro atoms. The van der Waals surface area contributed by atoms with E-state index in [9.17, 15) is 4.79 Å². The highest BCUT2D eigenvalue weighted by molar-refractivity contribution is 5.95. The molecule has 2 heterocycles. The Hall–Kier alpha value is -2.54. The third kappa shape index (κ3) is 7.73. The second kappa shape index (κ2) is 13.1. The van der Waals surface area contributed by atoms with Crippen LogP contribution in [-0.4, -0.2) is 67.4 Å². The molecule has 2 aliphatic rings. The molecule has 1 N–H and O–H groups in total. The van der Waals surface area contributed by atoms with Gasteiger partial charge in [-0.3, -0.25) is 9.69 Å². The number of nitrogens with zero attached hydrogens (tertiary/aromatic N) is 3. The Balaban J connectivity index is 1.39. The lowest BCUT2D eigenvalue weighted by Crippen LogP contribution is -2.38. The third-order valence-electron chi connectivity index (χ3n) is 7.41. The van der Waals surface area contributed by atoms with Crippen molar-refractivity contribution < 1.29 is 14.4 Å². The van der Waals surface area contributed by atoms with Gasteiger partial charge in [0.1, 0.15) is 11.6 Å². The van der Waals surface area contributed by atoms with E-state index in [1.807, 2.05) is 39.0 Å². The number of likely N-dealkylation sites (N-methyl/N-ethyl adjacent to an activating group) is 1.